The number of hydrogen-bond acceptors (Lipinski definition) is 3. The Kier molecular flexibility index (Phi) is 2.96. The second-order valence-corrected chi connectivity index (χ2v) is 4.56. The van der Waals surface area contributed by atoms with Crippen LogP contribution in [0.1, 0.15) is 0 Å². The van der Waals surface area contributed by atoms with Gasteiger partial charge in [0.1, 0.15) is 0 Å². The van der Waals surface area contributed by atoms with Gasteiger partial charge in [0.05, 0.1) is 16.7 Å². The molecule has 0 aliphatic rings. The van der Waals surface area contributed by atoms with E-state index >= 15 is 0 Å². The first-order valence-electron chi connectivity index (χ1n) is 6.24. The van der Waals surface area contributed by atoms with E-state index in [-0.39, 0.29) is 6.03 Å². The number of carbonyl (C=O) groups excluding carboxylic acids is 1. The molecular formula is C15H14N4O. The highest BCUT2D eigenvalue weighted by atomic mass is 16.2. The summed E-state index contributed by atoms with van der Waals surface area (Å²) in [5, 5.41) is 5.65. The van der Waals surface area contributed by atoms with E-state index in [1.807, 2.05) is 48.5 Å². The van der Waals surface area contributed by atoms with Crippen LogP contribution in [0, 0.1) is 0 Å². The summed E-state index contributed by atoms with van der Waals surface area (Å²) >= 11 is 0. The van der Waals surface area contributed by atoms with Crippen LogP contribution in [0.25, 0.3) is 21.8 Å². The van der Waals surface area contributed by atoms with Gasteiger partial charge in [-0.3, -0.25) is 5.01 Å². The number of hydrogen-bond donors (Lipinski definition) is 2. The van der Waals surface area contributed by atoms with E-state index < -0.39 is 0 Å². The van der Waals surface area contributed by atoms with Crippen LogP contribution in [0.2, 0.25) is 0 Å². The summed E-state index contributed by atoms with van der Waals surface area (Å²) in [5.41, 5.74) is 2.40. The molecule has 0 fully saturated rings. The second-order valence-electron chi connectivity index (χ2n) is 4.56. The summed E-state index contributed by atoms with van der Waals surface area (Å²) in [6.07, 6.45) is 0. The number of nitrogens with one attached hydrogen (secondary N) is 1. The Morgan fingerprint density at radius 1 is 1.05 bits per heavy atom. The van der Waals surface area contributed by atoms with Crippen molar-refractivity contribution in [3.63, 3.8) is 0 Å². The van der Waals surface area contributed by atoms with Crippen molar-refractivity contribution in [1.82, 2.24) is 9.99 Å². The summed E-state index contributed by atoms with van der Waals surface area (Å²) in [4.78, 5) is 16.5. The van der Waals surface area contributed by atoms with Crippen molar-refractivity contribution in [3.05, 3.63) is 48.5 Å². The Labute approximate surface area is 116 Å². The number of nitrogens with two attached hydrogens (primary N) is 1. The minimum absolute atomic E-state index is 0.369. The Morgan fingerprint density at radius 2 is 1.55 bits per heavy atom. The Balaban J connectivity index is 2.30. The van der Waals surface area contributed by atoms with Crippen LogP contribution in [0.4, 0.5) is 10.5 Å². The fourth-order valence-corrected chi connectivity index (χ4v) is 2.17. The van der Waals surface area contributed by atoms with Gasteiger partial charge in [0.15, 0.2) is 0 Å². The molecule has 0 saturated heterocycles. The first-order chi connectivity index (χ1) is 9.66. The molecule has 0 aliphatic heterocycles. The number of nitrogens with zero attached hydrogens (tertiary/aromatic N) is 2. The molecule has 2 amide bonds. The molecule has 0 unspecified atom stereocenters. The van der Waals surface area contributed by atoms with E-state index in [9.17, 15) is 4.79 Å². The van der Waals surface area contributed by atoms with Crippen LogP contribution < -0.4 is 11.2 Å². The van der Waals surface area contributed by atoms with Crippen LogP contribution in [0.15, 0.2) is 48.5 Å². The van der Waals surface area contributed by atoms with Gasteiger partial charge in [-0.15, -0.1) is 0 Å². The van der Waals surface area contributed by atoms with Crippen LogP contribution in [-0.4, -0.2) is 23.1 Å². The zero-order chi connectivity index (χ0) is 14.1. The summed E-state index contributed by atoms with van der Waals surface area (Å²) in [6.45, 7) is 0. The third-order valence-electron chi connectivity index (χ3n) is 3.14. The molecule has 0 radical (unpaired) electrons. The highest BCUT2D eigenvalue weighted by Crippen LogP contribution is 2.30. The van der Waals surface area contributed by atoms with Gasteiger partial charge < -0.3 is 5.32 Å². The Hall–Kier alpha value is -2.66. The molecule has 0 bridgehead atoms. The van der Waals surface area contributed by atoms with E-state index in [0.29, 0.717) is 0 Å². The molecule has 5 nitrogen and oxygen atoms in total. The van der Waals surface area contributed by atoms with E-state index in [0.717, 1.165) is 32.5 Å². The number of urea groups is 1. The number of benzene rings is 2. The van der Waals surface area contributed by atoms with Gasteiger partial charge in [0.25, 0.3) is 0 Å². The van der Waals surface area contributed by atoms with Gasteiger partial charge in [0, 0.05) is 17.8 Å². The van der Waals surface area contributed by atoms with Crippen molar-refractivity contribution < 1.29 is 4.79 Å². The standard InChI is InChI=1S/C15H14N4O/c1-19(16)15(20)18-14-10-6-2-4-8-12(10)17-13-9-5-3-7-11(13)14/h2-9H,16H2,1H3,(H,17,18,20). The third kappa shape index (κ3) is 2.04. The molecule has 0 aliphatic carbocycles. The van der Waals surface area contributed by atoms with Crippen molar-refractivity contribution in [3.8, 4) is 0 Å². The molecule has 2 aromatic carbocycles. The average Bonchev–Trinajstić information content (AvgIpc) is 2.46. The lowest BCUT2D eigenvalue weighted by atomic mass is 10.1. The number of rotatable bonds is 1. The number of para-hydroxylation sites is 2. The van der Waals surface area contributed by atoms with Gasteiger partial charge >= 0.3 is 6.03 Å². The summed E-state index contributed by atoms with van der Waals surface area (Å²) < 4.78 is 0. The molecule has 100 valence electrons. The molecule has 20 heavy (non-hydrogen) atoms. The van der Waals surface area contributed by atoms with Crippen molar-refractivity contribution in [2.45, 2.75) is 0 Å². The number of fused-ring (bicyclic) bond motifs is 2. The smallest absolute Gasteiger partial charge is 0.305 e. The highest BCUT2D eigenvalue weighted by molar-refractivity contribution is 6.12. The van der Waals surface area contributed by atoms with Crippen molar-refractivity contribution >= 4 is 33.5 Å². The zero-order valence-corrected chi connectivity index (χ0v) is 11.0. The van der Waals surface area contributed by atoms with Gasteiger partial charge in [-0.1, -0.05) is 36.4 Å². The molecule has 3 aromatic rings. The zero-order valence-electron chi connectivity index (χ0n) is 11.0. The third-order valence-corrected chi connectivity index (χ3v) is 3.14. The van der Waals surface area contributed by atoms with Gasteiger partial charge in [-0.05, 0) is 12.1 Å². The molecule has 5 heteroatoms. The fourth-order valence-electron chi connectivity index (χ4n) is 2.17. The molecule has 1 aromatic heterocycles. The number of amides is 2. The number of aromatic nitrogens is 1. The number of carbonyl (C=O) groups is 1. The predicted octanol–water partition coefficient (Wildman–Crippen LogP) is 2.73. The normalized spacial score (nSPS) is 10.7. The average molecular weight is 266 g/mol. The van der Waals surface area contributed by atoms with E-state index in [2.05, 4.69) is 10.3 Å². The van der Waals surface area contributed by atoms with Gasteiger partial charge in [0.2, 0.25) is 0 Å². The predicted molar refractivity (Wildman–Crippen MR) is 80.2 cm³/mol. The molecule has 0 atom stereocenters. The first-order valence-corrected chi connectivity index (χ1v) is 6.24. The highest BCUT2D eigenvalue weighted by Gasteiger charge is 2.12. The number of hydrazine groups is 1. The Morgan fingerprint density at radius 3 is 2.05 bits per heavy atom. The monoisotopic (exact) mass is 266 g/mol. The minimum atomic E-state index is -0.369. The molecule has 3 N–H and O–H groups in total. The largest absolute Gasteiger partial charge is 0.335 e. The molecule has 1 heterocycles. The summed E-state index contributed by atoms with van der Waals surface area (Å²) in [5.74, 6) is 5.48. The minimum Gasteiger partial charge on any atom is -0.305 e. The van der Waals surface area contributed by atoms with E-state index in [1.54, 1.807) is 0 Å². The SMILES string of the molecule is CN(N)C(=O)Nc1c2ccccc2nc2ccccc12. The lowest BCUT2D eigenvalue weighted by Crippen LogP contribution is -2.36. The van der Waals surface area contributed by atoms with Crippen LogP contribution in [0.5, 0.6) is 0 Å². The lowest BCUT2D eigenvalue weighted by Gasteiger charge is -2.15. The summed E-state index contributed by atoms with van der Waals surface area (Å²) in [7, 11) is 1.50. The van der Waals surface area contributed by atoms with E-state index in [1.165, 1.54) is 7.05 Å². The topological polar surface area (TPSA) is 71.2 Å². The fraction of sp³-hybridized carbons (Fsp3) is 0.0667. The quantitative estimate of drug-likeness (QED) is 0.308. The van der Waals surface area contributed by atoms with Crippen molar-refractivity contribution in [2.24, 2.45) is 5.84 Å². The molecule has 0 spiro atoms. The summed E-state index contributed by atoms with van der Waals surface area (Å²) in [6, 6.07) is 15.0. The van der Waals surface area contributed by atoms with Crippen molar-refractivity contribution in [2.75, 3.05) is 12.4 Å². The number of pyridine rings is 1. The van der Waals surface area contributed by atoms with E-state index in [4.69, 9.17) is 5.84 Å². The van der Waals surface area contributed by atoms with Crippen LogP contribution in [0.3, 0.4) is 0 Å². The second kappa shape index (κ2) is 4.79. The van der Waals surface area contributed by atoms with Crippen molar-refractivity contribution in [1.29, 1.82) is 0 Å². The molecule has 3 rings (SSSR count). The maximum atomic E-state index is 11.9. The Bertz CT molecular complexity index is 744. The maximum absolute atomic E-state index is 11.9. The maximum Gasteiger partial charge on any atom is 0.335 e. The molecular weight excluding hydrogens is 252 g/mol. The van der Waals surface area contributed by atoms with Crippen LogP contribution >= 0.6 is 0 Å². The first kappa shape index (κ1) is 12.4. The van der Waals surface area contributed by atoms with Gasteiger partial charge in [-0.25, -0.2) is 15.6 Å². The van der Waals surface area contributed by atoms with Crippen LogP contribution in [-0.2, 0) is 0 Å². The van der Waals surface area contributed by atoms with Gasteiger partial charge in [-0.2, -0.15) is 0 Å². The number of anilines is 1. The molecule has 0 saturated carbocycles. The lowest BCUT2D eigenvalue weighted by molar-refractivity contribution is 0.223.